The van der Waals surface area contributed by atoms with Crippen LogP contribution in [-0.4, -0.2) is 19.2 Å². The Morgan fingerprint density at radius 3 is 2.79 bits per heavy atom. The smallest absolute Gasteiger partial charge is 0.109 e. The Kier molecular flexibility index (Phi) is 5.02. The van der Waals surface area contributed by atoms with E-state index in [0.717, 1.165) is 19.6 Å². The summed E-state index contributed by atoms with van der Waals surface area (Å²) in [6.45, 7) is 8.67. The van der Waals surface area contributed by atoms with Gasteiger partial charge < -0.3 is 10.1 Å². The SMILES string of the molecule is CCCNC(C1=CCCO1)C(C)CC. The molecule has 0 spiro atoms. The Bertz CT molecular complexity index is 189. The van der Waals surface area contributed by atoms with Crippen molar-refractivity contribution in [2.75, 3.05) is 13.2 Å². The Hall–Kier alpha value is -0.500. The van der Waals surface area contributed by atoms with E-state index >= 15 is 0 Å². The monoisotopic (exact) mass is 197 g/mol. The maximum absolute atomic E-state index is 5.63. The molecule has 1 N–H and O–H groups in total. The molecule has 1 aliphatic heterocycles. The molecule has 1 rings (SSSR count). The highest BCUT2D eigenvalue weighted by atomic mass is 16.5. The zero-order valence-electron chi connectivity index (χ0n) is 9.68. The van der Waals surface area contributed by atoms with Crippen molar-refractivity contribution in [3.8, 4) is 0 Å². The molecule has 82 valence electrons. The molecule has 0 bridgehead atoms. The lowest BCUT2D eigenvalue weighted by Gasteiger charge is -2.25. The highest BCUT2D eigenvalue weighted by Crippen LogP contribution is 2.21. The van der Waals surface area contributed by atoms with Crippen molar-refractivity contribution >= 4 is 0 Å². The summed E-state index contributed by atoms with van der Waals surface area (Å²) in [7, 11) is 0. The van der Waals surface area contributed by atoms with Crippen molar-refractivity contribution in [1.29, 1.82) is 0 Å². The first-order valence-corrected chi connectivity index (χ1v) is 5.85. The molecule has 0 fully saturated rings. The van der Waals surface area contributed by atoms with Crippen LogP contribution in [-0.2, 0) is 4.74 Å². The summed E-state index contributed by atoms with van der Waals surface area (Å²) in [4.78, 5) is 0. The fraction of sp³-hybridized carbons (Fsp3) is 0.833. The highest BCUT2D eigenvalue weighted by Gasteiger charge is 2.22. The van der Waals surface area contributed by atoms with Gasteiger partial charge in [-0.15, -0.1) is 0 Å². The van der Waals surface area contributed by atoms with Crippen LogP contribution >= 0.6 is 0 Å². The van der Waals surface area contributed by atoms with Crippen molar-refractivity contribution in [1.82, 2.24) is 5.32 Å². The third kappa shape index (κ3) is 3.02. The van der Waals surface area contributed by atoms with Crippen LogP contribution < -0.4 is 5.32 Å². The van der Waals surface area contributed by atoms with Gasteiger partial charge >= 0.3 is 0 Å². The van der Waals surface area contributed by atoms with Gasteiger partial charge in [0.2, 0.25) is 0 Å². The van der Waals surface area contributed by atoms with Gasteiger partial charge in [-0.2, -0.15) is 0 Å². The Labute approximate surface area is 87.7 Å². The maximum Gasteiger partial charge on any atom is 0.109 e. The standard InChI is InChI=1S/C12H23NO/c1-4-8-13-12(10(3)5-2)11-7-6-9-14-11/h7,10,12-13H,4-6,8-9H2,1-3H3. The molecular formula is C12H23NO. The molecule has 2 unspecified atom stereocenters. The second-order valence-corrected chi connectivity index (χ2v) is 4.06. The lowest BCUT2D eigenvalue weighted by molar-refractivity contribution is 0.194. The molecule has 0 saturated carbocycles. The van der Waals surface area contributed by atoms with E-state index in [9.17, 15) is 0 Å². The van der Waals surface area contributed by atoms with Crippen LogP contribution in [0.4, 0.5) is 0 Å². The van der Waals surface area contributed by atoms with Gasteiger partial charge in [0, 0.05) is 6.42 Å². The lowest BCUT2D eigenvalue weighted by atomic mass is 9.97. The molecule has 2 nitrogen and oxygen atoms in total. The molecule has 1 aliphatic rings. The summed E-state index contributed by atoms with van der Waals surface area (Å²) in [5.41, 5.74) is 0. The second-order valence-electron chi connectivity index (χ2n) is 4.06. The third-order valence-corrected chi connectivity index (χ3v) is 2.87. The highest BCUT2D eigenvalue weighted by molar-refractivity contribution is 5.08. The van der Waals surface area contributed by atoms with Crippen molar-refractivity contribution in [2.45, 2.75) is 46.1 Å². The van der Waals surface area contributed by atoms with Gasteiger partial charge in [-0.05, 0) is 25.0 Å². The molecule has 0 amide bonds. The molecule has 14 heavy (non-hydrogen) atoms. The number of ether oxygens (including phenoxy) is 1. The van der Waals surface area contributed by atoms with Crippen LogP contribution in [0.5, 0.6) is 0 Å². The number of rotatable bonds is 6. The van der Waals surface area contributed by atoms with E-state index in [1.807, 2.05) is 0 Å². The minimum absolute atomic E-state index is 0.433. The van der Waals surface area contributed by atoms with E-state index in [4.69, 9.17) is 4.74 Å². The first kappa shape index (κ1) is 11.6. The van der Waals surface area contributed by atoms with Gasteiger partial charge in [0.25, 0.3) is 0 Å². The van der Waals surface area contributed by atoms with E-state index in [1.165, 1.54) is 18.6 Å². The quantitative estimate of drug-likeness (QED) is 0.707. The van der Waals surface area contributed by atoms with E-state index in [0.29, 0.717) is 12.0 Å². The predicted molar refractivity (Wildman–Crippen MR) is 60.2 cm³/mol. The van der Waals surface area contributed by atoms with Crippen molar-refractivity contribution in [2.24, 2.45) is 5.92 Å². The predicted octanol–water partition coefficient (Wildman–Crippen LogP) is 2.70. The number of hydrogen-bond donors (Lipinski definition) is 1. The molecular weight excluding hydrogens is 174 g/mol. The van der Waals surface area contributed by atoms with Crippen molar-refractivity contribution in [3.05, 3.63) is 11.8 Å². The van der Waals surface area contributed by atoms with Gasteiger partial charge in [0.05, 0.1) is 12.6 Å². The van der Waals surface area contributed by atoms with E-state index in [-0.39, 0.29) is 0 Å². The fourth-order valence-corrected chi connectivity index (χ4v) is 1.77. The third-order valence-electron chi connectivity index (χ3n) is 2.87. The molecule has 0 aliphatic carbocycles. The van der Waals surface area contributed by atoms with Gasteiger partial charge in [-0.1, -0.05) is 27.2 Å². The molecule has 0 aromatic carbocycles. The summed E-state index contributed by atoms with van der Waals surface area (Å²) in [6, 6.07) is 0.433. The molecule has 0 saturated heterocycles. The Morgan fingerprint density at radius 1 is 1.50 bits per heavy atom. The second kappa shape index (κ2) is 6.07. The minimum Gasteiger partial charge on any atom is -0.496 e. The summed E-state index contributed by atoms with van der Waals surface area (Å²) in [6.07, 6.45) is 5.69. The molecule has 0 radical (unpaired) electrons. The Balaban J connectivity index is 2.51. The van der Waals surface area contributed by atoms with E-state index in [1.54, 1.807) is 0 Å². The van der Waals surface area contributed by atoms with Crippen LogP contribution in [0.1, 0.15) is 40.0 Å². The lowest BCUT2D eigenvalue weighted by Crippen LogP contribution is -2.37. The van der Waals surface area contributed by atoms with Crippen molar-refractivity contribution < 1.29 is 4.74 Å². The summed E-state index contributed by atoms with van der Waals surface area (Å²) in [5.74, 6) is 1.83. The van der Waals surface area contributed by atoms with E-state index in [2.05, 4.69) is 32.2 Å². The molecule has 2 atom stereocenters. The average molecular weight is 197 g/mol. The van der Waals surface area contributed by atoms with Gasteiger partial charge in [0.15, 0.2) is 0 Å². The van der Waals surface area contributed by atoms with Crippen LogP contribution in [0.25, 0.3) is 0 Å². The van der Waals surface area contributed by atoms with Crippen LogP contribution in [0, 0.1) is 5.92 Å². The van der Waals surface area contributed by atoms with Crippen LogP contribution in [0.2, 0.25) is 0 Å². The summed E-state index contributed by atoms with van der Waals surface area (Å²) < 4.78 is 5.63. The number of hydrogen-bond acceptors (Lipinski definition) is 2. The normalized spacial score (nSPS) is 20.1. The van der Waals surface area contributed by atoms with Gasteiger partial charge in [-0.3, -0.25) is 0 Å². The maximum atomic E-state index is 5.63. The topological polar surface area (TPSA) is 21.3 Å². The first-order valence-electron chi connectivity index (χ1n) is 5.85. The van der Waals surface area contributed by atoms with Crippen LogP contribution in [0.15, 0.2) is 11.8 Å². The molecule has 0 aromatic heterocycles. The van der Waals surface area contributed by atoms with Gasteiger partial charge in [-0.25, -0.2) is 0 Å². The number of nitrogens with one attached hydrogen (secondary N) is 1. The summed E-state index contributed by atoms with van der Waals surface area (Å²) >= 11 is 0. The zero-order valence-corrected chi connectivity index (χ0v) is 9.68. The molecule has 2 heteroatoms. The van der Waals surface area contributed by atoms with E-state index < -0.39 is 0 Å². The average Bonchev–Trinajstić information content (AvgIpc) is 2.71. The fourth-order valence-electron chi connectivity index (χ4n) is 1.77. The minimum atomic E-state index is 0.433. The largest absolute Gasteiger partial charge is 0.496 e. The first-order chi connectivity index (χ1) is 6.79. The Morgan fingerprint density at radius 2 is 2.29 bits per heavy atom. The van der Waals surface area contributed by atoms with Crippen molar-refractivity contribution in [3.63, 3.8) is 0 Å². The van der Waals surface area contributed by atoms with Gasteiger partial charge in [0.1, 0.15) is 5.76 Å². The molecule has 1 heterocycles. The summed E-state index contributed by atoms with van der Waals surface area (Å²) in [5, 5.41) is 3.57. The van der Waals surface area contributed by atoms with Crippen LogP contribution in [0.3, 0.4) is 0 Å². The molecule has 0 aromatic rings. The zero-order chi connectivity index (χ0) is 10.4.